The van der Waals surface area contributed by atoms with Crippen LogP contribution in [0.5, 0.6) is 0 Å². The molecule has 1 aliphatic heterocycles. The second kappa shape index (κ2) is 7.43. The van der Waals surface area contributed by atoms with Gasteiger partial charge in [0, 0.05) is 25.0 Å². The molecule has 1 aliphatic carbocycles. The van der Waals surface area contributed by atoms with Gasteiger partial charge in [0.2, 0.25) is 5.91 Å². The van der Waals surface area contributed by atoms with Crippen LogP contribution in [0.25, 0.3) is 0 Å². The normalized spacial score (nSPS) is 26.3. The fraction of sp³-hybridized carbons (Fsp3) is 0.632. The number of carbonyl (C=O) groups excluding carboxylic acids is 1. The van der Waals surface area contributed by atoms with Crippen LogP contribution in [-0.4, -0.2) is 29.9 Å². The number of benzene rings is 1. The monoisotopic (exact) mass is 318 g/mol. The zero-order valence-electron chi connectivity index (χ0n) is 13.7. The van der Waals surface area contributed by atoms with Gasteiger partial charge in [-0.15, -0.1) is 0 Å². The van der Waals surface area contributed by atoms with Crippen LogP contribution >= 0.6 is 0 Å². The number of nitrogens with two attached hydrogens (primary N) is 1. The van der Waals surface area contributed by atoms with Crippen molar-refractivity contribution in [1.82, 2.24) is 4.90 Å². The third-order valence-corrected chi connectivity index (χ3v) is 5.25. The highest BCUT2D eigenvalue weighted by atomic mass is 19.1. The van der Waals surface area contributed by atoms with Crippen LogP contribution in [0.15, 0.2) is 24.3 Å². The van der Waals surface area contributed by atoms with Crippen LogP contribution in [-0.2, 0) is 11.2 Å². The lowest BCUT2D eigenvalue weighted by Crippen LogP contribution is -2.51. The van der Waals surface area contributed by atoms with Crippen molar-refractivity contribution in [2.45, 2.75) is 51.0 Å². The molecule has 2 atom stereocenters. The van der Waals surface area contributed by atoms with Gasteiger partial charge in [-0.2, -0.15) is 0 Å². The fourth-order valence-corrected chi connectivity index (χ4v) is 4.18. The van der Waals surface area contributed by atoms with Crippen LogP contribution in [0.1, 0.15) is 44.1 Å². The Hall–Kier alpha value is -1.42. The summed E-state index contributed by atoms with van der Waals surface area (Å²) in [5.41, 5.74) is 7.19. The van der Waals surface area contributed by atoms with Gasteiger partial charge in [-0.3, -0.25) is 4.79 Å². The van der Waals surface area contributed by atoms with E-state index in [1.807, 2.05) is 11.0 Å². The number of piperidine rings is 1. The number of hydrogen-bond donors (Lipinski definition) is 1. The molecule has 1 aromatic carbocycles. The number of carbonyl (C=O) groups is 1. The highest BCUT2D eigenvalue weighted by Crippen LogP contribution is 2.28. The van der Waals surface area contributed by atoms with E-state index in [1.165, 1.54) is 25.3 Å². The molecule has 0 bridgehead atoms. The number of amides is 1. The third-order valence-electron chi connectivity index (χ3n) is 5.25. The van der Waals surface area contributed by atoms with E-state index in [4.69, 9.17) is 5.73 Å². The molecule has 126 valence electrons. The van der Waals surface area contributed by atoms with E-state index in [-0.39, 0.29) is 17.8 Å². The van der Waals surface area contributed by atoms with Crippen molar-refractivity contribution in [3.8, 4) is 0 Å². The van der Waals surface area contributed by atoms with Crippen LogP contribution in [0.4, 0.5) is 4.39 Å². The molecule has 0 radical (unpaired) electrons. The van der Waals surface area contributed by atoms with E-state index in [0.29, 0.717) is 18.4 Å². The standard InChI is InChI=1S/C19H27FN2O/c20-17-8-4-5-14(10-17)9-15-11-18(21)13-22(12-15)19(23)16-6-2-1-3-7-16/h4-5,8,10,15-16,18H,1-3,6-7,9,11-13,21H2. The lowest BCUT2D eigenvalue weighted by molar-refractivity contribution is -0.138. The van der Waals surface area contributed by atoms with Gasteiger partial charge in [-0.25, -0.2) is 4.39 Å². The van der Waals surface area contributed by atoms with Crippen molar-refractivity contribution in [2.75, 3.05) is 13.1 Å². The second-order valence-electron chi connectivity index (χ2n) is 7.27. The Kier molecular flexibility index (Phi) is 5.31. The summed E-state index contributed by atoms with van der Waals surface area (Å²) in [7, 11) is 0. The molecule has 1 heterocycles. The molecule has 4 heteroatoms. The summed E-state index contributed by atoms with van der Waals surface area (Å²) in [5.74, 6) is 0.624. The minimum atomic E-state index is -0.197. The Bertz CT molecular complexity index is 542. The highest BCUT2D eigenvalue weighted by Gasteiger charge is 2.32. The summed E-state index contributed by atoms with van der Waals surface area (Å²) in [4.78, 5) is 14.7. The van der Waals surface area contributed by atoms with Gasteiger partial charge in [0.15, 0.2) is 0 Å². The molecular formula is C19H27FN2O. The summed E-state index contributed by atoms with van der Waals surface area (Å²) >= 11 is 0. The maximum absolute atomic E-state index is 13.4. The van der Waals surface area contributed by atoms with Gasteiger partial charge in [-0.1, -0.05) is 31.4 Å². The Morgan fingerprint density at radius 1 is 1.22 bits per heavy atom. The third kappa shape index (κ3) is 4.31. The first-order valence-corrected chi connectivity index (χ1v) is 8.90. The zero-order valence-corrected chi connectivity index (χ0v) is 13.7. The first-order chi connectivity index (χ1) is 11.1. The summed E-state index contributed by atoms with van der Waals surface area (Å²) in [5, 5.41) is 0. The molecular weight excluding hydrogens is 291 g/mol. The number of halogens is 1. The van der Waals surface area contributed by atoms with Gasteiger partial charge >= 0.3 is 0 Å². The molecule has 3 nitrogen and oxygen atoms in total. The Morgan fingerprint density at radius 2 is 2.00 bits per heavy atom. The van der Waals surface area contributed by atoms with Gasteiger partial charge in [0.1, 0.15) is 5.82 Å². The van der Waals surface area contributed by atoms with Crippen molar-refractivity contribution < 1.29 is 9.18 Å². The van der Waals surface area contributed by atoms with Gasteiger partial charge in [-0.05, 0) is 49.3 Å². The molecule has 1 aromatic rings. The number of hydrogen-bond acceptors (Lipinski definition) is 2. The Morgan fingerprint density at radius 3 is 2.74 bits per heavy atom. The van der Waals surface area contributed by atoms with E-state index in [1.54, 1.807) is 12.1 Å². The Labute approximate surface area is 138 Å². The molecule has 0 spiro atoms. The molecule has 1 amide bonds. The molecule has 2 N–H and O–H groups in total. The average molecular weight is 318 g/mol. The first kappa shape index (κ1) is 16.4. The predicted molar refractivity (Wildman–Crippen MR) is 89.3 cm³/mol. The smallest absolute Gasteiger partial charge is 0.225 e. The summed E-state index contributed by atoms with van der Waals surface area (Å²) in [6.07, 6.45) is 7.35. The van der Waals surface area contributed by atoms with Crippen molar-refractivity contribution in [1.29, 1.82) is 0 Å². The van der Waals surface area contributed by atoms with E-state index >= 15 is 0 Å². The largest absolute Gasteiger partial charge is 0.341 e. The maximum Gasteiger partial charge on any atom is 0.225 e. The average Bonchev–Trinajstić information content (AvgIpc) is 2.54. The Balaban J connectivity index is 1.63. The molecule has 0 aromatic heterocycles. The van der Waals surface area contributed by atoms with Gasteiger partial charge < -0.3 is 10.6 Å². The van der Waals surface area contributed by atoms with Crippen LogP contribution < -0.4 is 5.73 Å². The summed E-state index contributed by atoms with van der Waals surface area (Å²) in [6, 6.07) is 6.80. The number of likely N-dealkylation sites (tertiary alicyclic amines) is 1. The predicted octanol–water partition coefficient (Wildman–Crippen LogP) is 3.12. The molecule has 2 aliphatic rings. The van der Waals surface area contributed by atoms with Crippen LogP contribution in [0, 0.1) is 17.7 Å². The molecule has 23 heavy (non-hydrogen) atoms. The molecule has 1 saturated carbocycles. The highest BCUT2D eigenvalue weighted by molar-refractivity contribution is 5.79. The molecule has 3 rings (SSSR count). The molecule has 2 fully saturated rings. The first-order valence-electron chi connectivity index (χ1n) is 8.90. The lowest BCUT2D eigenvalue weighted by atomic mass is 9.85. The topological polar surface area (TPSA) is 46.3 Å². The minimum Gasteiger partial charge on any atom is -0.341 e. The summed E-state index contributed by atoms with van der Waals surface area (Å²) < 4.78 is 13.4. The van der Waals surface area contributed by atoms with E-state index in [9.17, 15) is 9.18 Å². The number of rotatable bonds is 3. The van der Waals surface area contributed by atoms with Crippen LogP contribution in [0.2, 0.25) is 0 Å². The van der Waals surface area contributed by atoms with Crippen molar-refractivity contribution in [3.63, 3.8) is 0 Å². The van der Waals surface area contributed by atoms with Crippen LogP contribution in [0.3, 0.4) is 0 Å². The SMILES string of the molecule is NC1CC(Cc2cccc(F)c2)CN(C(=O)C2CCCCC2)C1. The van der Waals surface area contributed by atoms with E-state index in [0.717, 1.165) is 37.8 Å². The minimum absolute atomic E-state index is 0.0369. The van der Waals surface area contributed by atoms with Gasteiger partial charge in [0.25, 0.3) is 0 Å². The number of nitrogens with zero attached hydrogens (tertiary/aromatic N) is 1. The van der Waals surface area contributed by atoms with Crippen molar-refractivity contribution >= 4 is 5.91 Å². The lowest BCUT2D eigenvalue weighted by Gasteiger charge is -2.38. The van der Waals surface area contributed by atoms with E-state index < -0.39 is 0 Å². The fourth-order valence-electron chi connectivity index (χ4n) is 4.18. The second-order valence-corrected chi connectivity index (χ2v) is 7.27. The quantitative estimate of drug-likeness (QED) is 0.931. The van der Waals surface area contributed by atoms with Crippen molar-refractivity contribution in [2.24, 2.45) is 17.6 Å². The van der Waals surface area contributed by atoms with Gasteiger partial charge in [0.05, 0.1) is 0 Å². The molecule has 1 saturated heterocycles. The molecule has 2 unspecified atom stereocenters. The summed E-state index contributed by atoms with van der Waals surface area (Å²) in [6.45, 7) is 1.44. The zero-order chi connectivity index (χ0) is 16.2. The maximum atomic E-state index is 13.4. The van der Waals surface area contributed by atoms with Crippen molar-refractivity contribution in [3.05, 3.63) is 35.6 Å². The van der Waals surface area contributed by atoms with E-state index in [2.05, 4.69) is 0 Å².